The molecule has 0 spiro atoms. The van der Waals surface area contributed by atoms with Gasteiger partial charge in [0, 0.05) is 36.7 Å². The number of halogens is 1. The van der Waals surface area contributed by atoms with Crippen molar-refractivity contribution >= 4 is 22.8 Å². The van der Waals surface area contributed by atoms with E-state index in [-0.39, 0.29) is 24.4 Å². The van der Waals surface area contributed by atoms with E-state index < -0.39 is 5.97 Å². The second kappa shape index (κ2) is 9.33. The van der Waals surface area contributed by atoms with E-state index in [9.17, 15) is 14.0 Å². The molecule has 1 aliphatic rings. The highest BCUT2D eigenvalue weighted by molar-refractivity contribution is 6.04. The summed E-state index contributed by atoms with van der Waals surface area (Å²) in [5.74, 6) is -1.02. The third-order valence-corrected chi connectivity index (χ3v) is 6.05. The molecule has 162 valence electrons. The number of para-hydroxylation sites is 1. The van der Waals surface area contributed by atoms with Gasteiger partial charge in [0.05, 0.1) is 5.56 Å². The number of hydrogen-bond donors (Lipinski definition) is 0. The highest BCUT2D eigenvalue weighted by Crippen LogP contribution is 2.25. The van der Waals surface area contributed by atoms with Crippen LogP contribution in [0.15, 0.2) is 54.7 Å². The Bertz CT molecular complexity index is 1070. The van der Waals surface area contributed by atoms with E-state index in [4.69, 9.17) is 4.74 Å². The van der Waals surface area contributed by atoms with Gasteiger partial charge in [-0.05, 0) is 36.6 Å². The minimum atomic E-state index is -0.504. The largest absolute Gasteiger partial charge is 0.452 e. The third kappa shape index (κ3) is 4.79. The number of hydrogen-bond acceptors (Lipinski definition) is 3. The first-order valence-corrected chi connectivity index (χ1v) is 10.8. The maximum atomic E-state index is 13.3. The van der Waals surface area contributed by atoms with Crippen molar-refractivity contribution in [2.24, 2.45) is 7.05 Å². The zero-order chi connectivity index (χ0) is 21.8. The number of benzene rings is 2. The average Bonchev–Trinajstić information content (AvgIpc) is 3.14. The predicted molar refractivity (Wildman–Crippen MR) is 117 cm³/mol. The molecule has 0 aliphatic heterocycles. The highest BCUT2D eigenvalue weighted by atomic mass is 19.1. The van der Waals surface area contributed by atoms with Crippen molar-refractivity contribution < 1.29 is 18.7 Å². The molecule has 4 rings (SSSR count). The standard InChI is InChI=1S/C25H27FN2O3/c1-27-16-22(21-9-5-6-10-23(21)27)25(30)31-17-24(29)28(20-7-3-2-4-8-20)15-18-11-13-19(26)14-12-18/h5-6,9-14,16,20H,2-4,7-8,15,17H2,1H3. The maximum absolute atomic E-state index is 13.3. The number of nitrogens with zero attached hydrogens (tertiary/aromatic N) is 2. The Morgan fingerprint density at radius 3 is 2.52 bits per heavy atom. The molecule has 0 radical (unpaired) electrons. The normalized spacial score (nSPS) is 14.5. The van der Waals surface area contributed by atoms with Crippen molar-refractivity contribution in [1.82, 2.24) is 9.47 Å². The van der Waals surface area contributed by atoms with Gasteiger partial charge in [-0.1, -0.05) is 49.6 Å². The van der Waals surface area contributed by atoms with Crippen molar-refractivity contribution in [3.63, 3.8) is 0 Å². The molecule has 6 heteroatoms. The molecule has 0 atom stereocenters. The van der Waals surface area contributed by atoms with Gasteiger partial charge in [-0.15, -0.1) is 0 Å². The predicted octanol–water partition coefficient (Wildman–Crippen LogP) is 4.84. The summed E-state index contributed by atoms with van der Waals surface area (Å²) >= 11 is 0. The molecule has 5 nitrogen and oxygen atoms in total. The van der Waals surface area contributed by atoms with Gasteiger partial charge < -0.3 is 14.2 Å². The minimum Gasteiger partial charge on any atom is -0.452 e. The summed E-state index contributed by atoms with van der Waals surface area (Å²) in [6, 6.07) is 13.9. The van der Waals surface area contributed by atoms with Crippen LogP contribution in [0.1, 0.15) is 48.0 Å². The van der Waals surface area contributed by atoms with Crippen molar-refractivity contribution in [3.05, 3.63) is 71.7 Å². The minimum absolute atomic E-state index is 0.113. The van der Waals surface area contributed by atoms with E-state index >= 15 is 0 Å². The molecule has 1 aromatic heterocycles. The number of carbonyl (C=O) groups is 2. The second-order valence-corrected chi connectivity index (χ2v) is 8.19. The summed E-state index contributed by atoms with van der Waals surface area (Å²) in [6.07, 6.45) is 6.93. The van der Waals surface area contributed by atoms with E-state index in [0.29, 0.717) is 12.1 Å². The molecule has 1 amide bonds. The first kappa shape index (κ1) is 21.1. The van der Waals surface area contributed by atoms with Crippen LogP contribution in [0.25, 0.3) is 10.9 Å². The summed E-state index contributed by atoms with van der Waals surface area (Å²) in [7, 11) is 1.87. The fourth-order valence-corrected chi connectivity index (χ4v) is 4.39. The molecule has 0 saturated heterocycles. The lowest BCUT2D eigenvalue weighted by Gasteiger charge is -2.34. The number of rotatable bonds is 6. The molecular weight excluding hydrogens is 395 g/mol. The van der Waals surface area contributed by atoms with Crippen molar-refractivity contribution in [2.45, 2.75) is 44.7 Å². The lowest BCUT2D eigenvalue weighted by atomic mass is 9.93. The van der Waals surface area contributed by atoms with E-state index in [1.165, 1.54) is 18.6 Å². The molecule has 1 aliphatic carbocycles. The Morgan fingerprint density at radius 2 is 1.77 bits per heavy atom. The Hall–Kier alpha value is -3.15. The van der Waals surface area contributed by atoms with Gasteiger partial charge in [-0.3, -0.25) is 4.79 Å². The van der Waals surface area contributed by atoms with Crippen LogP contribution in [0.5, 0.6) is 0 Å². The number of esters is 1. The number of amides is 1. The Kier molecular flexibility index (Phi) is 6.35. The van der Waals surface area contributed by atoms with E-state index in [0.717, 1.165) is 42.1 Å². The van der Waals surface area contributed by atoms with Crippen LogP contribution in [-0.4, -0.2) is 34.0 Å². The van der Waals surface area contributed by atoms with E-state index in [2.05, 4.69) is 0 Å². The zero-order valence-electron chi connectivity index (χ0n) is 17.7. The molecule has 1 saturated carbocycles. The zero-order valence-corrected chi connectivity index (χ0v) is 17.7. The maximum Gasteiger partial charge on any atom is 0.340 e. The fourth-order valence-electron chi connectivity index (χ4n) is 4.39. The summed E-state index contributed by atoms with van der Waals surface area (Å²) < 4.78 is 20.6. The average molecular weight is 423 g/mol. The van der Waals surface area contributed by atoms with Crippen LogP contribution in [-0.2, 0) is 23.1 Å². The van der Waals surface area contributed by atoms with Gasteiger partial charge >= 0.3 is 5.97 Å². The van der Waals surface area contributed by atoms with Crippen LogP contribution in [0.3, 0.4) is 0 Å². The van der Waals surface area contributed by atoms with E-state index in [1.807, 2.05) is 35.9 Å². The van der Waals surface area contributed by atoms with Crippen molar-refractivity contribution in [1.29, 1.82) is 0 Å². The van der Waals surface area contributed by atoms with Gasteiger partial charge in [0.1, 0.15) is 5.82 Å². The monoisotopic (exact) mass is 422 g/mol. The molecule has 0 N–H and O–H groups in total. The van der Waals surface area contributed by atoms with Gasteiger partial charge in [0.25, 0.3) is 5.91 Å². The Labute approximate surface area is 181 Å². The molecule has 2 aromatic carbocycles. The molecule has 0 unspecified atom stereocenters. The smallest absolute Gasteiger partial charge is 0.340 e. The first-order chi connectivity index (χ1) is 15.0. The molecule has 1 fully saturated rings. The Morgan fingerprint density at radius 1 is 1.06 bits per heavy atom. The number of carbonyl (C=O) groups excluding carboxylic acids is 2. The topological polar surface area (TPSA) is 51.5 Å². The van der Waals surface area contributed by atoms with Crippen LogP contribution in [0.2, 0.25) is 0 Å². The van der Waals surface area contributed by atoms with Gasteiger partial charge in [0.2, 0.25) is 0 Å². The number of aryl methyl sites for hydroxylation is 1. The fraction of sp³-hybridized carbons (Fsp3) is 0.360. The Balaban J connectivity index is 1.47. The van der Waals surface area contributed by atoms with Crippen LogP contribution in [0.4, 0.5) is 4.39 Å². The lowest BCUT2D eigenvalue weighted by molar-refractivity contribution is -0.138. The summed E-state index contributed by atoms with van der Waals surface area (Å²) in [5, 5.41) is 0.804. The van der Waals surface area contributed by atoms with Gasteiger partial charge in [-0.2, -0.15) is 0 Å². The summed E-state index contributed by atoms with van der Waals surface area (Å²) in [4.78, 5) is 27.6. The summed E-state index contributed by atoms with van der Waals surface area (Å²) in [5.41, 5.74) is 2.25. The molecular formula is C25H27FN2O3. The van der Waals surface area contributed by atoms with Crippen LogP contribution >= 0.6 is 0 Å². The number of ether oxygens (including phenoxy) is 1. The summed E-state index contributed by atoms with van der Waals surface area (Å²) in [6.45, 7) is 0.0787. The lowest BCUT2D eigenvalue weighted by Crippen LogP contribution is -2.43. The third-order valence-electron chi connectivity index (χ3n) is 6.05. The van der Waals surface area contributed by atoms with Crippen molar-refractivity contribution in [3.8, 4) is 0 Å². The van der Waals surface area contributed by atoms with Crippen molar-refractivity contribution in [2.75, 3.05) is 6.61 Å². The molecule has 3 aromatic rings. The number of fused-ring (bicyclic) bond motifs is 1. The molecule has 1 heterocycles. The highest BCUT2D eigenvalue weighted by Gasteiger charge is 2.27. The van der Waals surface area contributed by atoms with Gasteiger partial charge in [-0.25, -0.2) is 9.18 Å². The quantitative estimate of drug-likeness (QED) is 0.535. The molecule has 31 heavy (non-hydrogen) atoms. The van der Waals surface area contributed by atoms with E-state index in [1.54, 1.807) is 23.2 Å². The SMILES string of the molecule is Cn1cc(C(=O)OCC(=O)N(Cc2ccc(F)cc2)C2CCCCC2)c2ccccc21. The first-order valence-electron chi connectivity index (χ1n) is 10.8. The second-order valence-electron chi connectivity index (χ2n) is 8.19. The molecule has 0 bridgehead atoms. The van der Waals surface area contributed by atoms with Crippen LogP contribution in [0, 0.1) is 5.82 Å². The number of aromatic nitrogens is 1. The van der Waals surface area contributed by atoms with Crippen LogP contribution < -0.4 is 0 Å². The van der Waals surface area contributed by atoms with Gasteiger partial charge in [0.15, 0.2) is 6.61 Å².